The Morgan fingerprint density at radius 2 is 1.96 bits per heavy atom. The highest BCUT2D eigenvalue weighted by Crippen LogP contribution is 2.24. The number of nitrogens with zero attached hydrogens (tertiary/aromatic N) is 1. The molecule has 2 aromatic carbocycles. The van der Waals surface area contributed by atoms with Gasteiger partial charge in [0.2, 0.25) is 0 Å². The van der Waals surface area contributed by atoms with Crippen molar-refractivity contribution in [1.82, 2.24) is 4.98 Å². The molecule has 3 rings (SSSR count). The lowest BCUT2D eigenvalue weighted by atomic mass is 10.1. The molecule has 0 aliphatic heterocycles. The lowest BCUT2D eigenvalue weighted by Crippen LogP contribution is -2.20. The number of rotatable bonds is 3. The number of benzene rings is 2. The number of urea groups is 1. The number of anilines is 2. The van der Waals surface area contributed by atoms with Gasteiger partial charge in [0.05, 0.1) is 16.4 Å². The molecule has 3 aromatic rings. The van der Waals surface area contributed by atoms with Crippen molar-refractivity contribution in [2.24, 2.45) is 0 Å². The van der Waals surface area contributed by atoms with Gasteiger partial charge in [0.15, 0.2) is 0 Å². The molecule has 0 saturated heterocycles. The number of hydrogen-bond acceptors (Lipinski definition) is 3. The van der Waals surface area contributed by atoms with Gasteiger partial charge in [-0.05, 0) is 31.2 Å². The maximum atomic E-state index is 13.5. The Morgan fingerprint density at radius 3 is 2.71 bits per heavy atom. The van der Waals surface area contributed by atoms with E-state index < -0.39 is 17.7 Å². The van der Waals surface area contributed by atoms with Crippen LogP contribution in [0.5, 0.6) is 0 Å². The molecule has 0 radical (unpaired) electrons. The van der Waals surface area contributed by atoms with Crippen LogP contribution < -0.4 is 10.6 Å². The molecule has 0 fully saturated rings. The predicted molar refractivity (Wildman–Crippen MR) is 91.3 cm³/mol. The first kappa shape index (κ1) is 16.1. The van der Waals surface area contributed by atoms with Gasteiger partial charge in [-0.15, -0.1) is 11.3 Å². The van der Waals surface area contributed by atoms with Crippen molar-refractivity contribution in [3.05, 3.63) is 64.5 Å². The van der Waals surface area contributed by atoms with Gasteiger partial charge in [0, 0.05) is 22.7 Å². The molecular weight excluding hydrogens is 332 g/mol. The Hall–Kier alpha value is -2.80. The molecule has 4 nitrogen and oxygen atoms in total. The first-order chi connectivity index (χ1) is 11.5. The van der Waals surface area contributed by atoms with Crippen LogP contribution in [0.1, 0.15) is 5.01 Å². The van der Waals surface area contributed by atoms with Crippen molar-refractivity contribution >= 4 is 28.7 Å². The molecule has 7 heteroatoms. The highest BCUT2D eigenvalue weighted by atomic mass is 32.1. The lowest BCUT2D eigenvalue weighted by molar-refractivity contribution is 0.262. The van der Waals surface area contributed by atoms with Gasteiger partial charge in [-0.1, -0.05) is 12.1 Å². The maximum absolute atomic E-state index is 13.5. The molecule has 0 unspecified atom stereocenters. The van der Waals surface area contributed by atoms with Crippen molar-refractivity contribution in [3.63, 3.8) is 0 Å². The van der Waals surface area contributed by atoms with Gasteiger partial charge in [0.25, 0.3) is 0 Å². The molecule has 0 spiro atoms. The highest BCUT2D eigenvalue weighted by molar-refractivity contribution is 7.09. The van der Waals surface area contributed by atoms with Crippen LogP contribution in [0, 0.1) is 18.6 Å². The zero-order valence-corrected chi connectivity index (χ0v) is 13.5. The summed E-state index contributed by atoms with van der Waals surface area (Å²) in [5.41, 5.74) is 1.97. The van der Waals surface area contributed by atoms with Crippen molar-refractivity contribution in [2.75, 3.05) is 10.6 Å². The van der Waals surface area contributed by atoms with Crippen LogP contribution in [0.25, 0.3) is 11.3 Å². The molecule has 0 aliphatic carbocycles. The smallest absolute Gasteiger partial charge is 0.308 e. The van der Waals surface area contributed by atoms with E-state index in [-0.39, 0.29) is 5.69 Å². The number of halogens is 2. The van der Waals surface area contributed by atoms with E-state index in [9.17, 15) is 13.6 Å². The zero-order chi connectivity index (χ0) is 17.1. The van der Waals surface area contributed by atoms with Crippen LogP contribution in [0.3, 0.4) is 0 Å². The Morgan fingerprint density at radius 1 is 1.12 bits per heavy atom. The Balaban J connectivity index is 1.74. The highest BCUT2D eigenvalue weighted by Gasteiger charge is 2.09. The van der Waals surface area contributed by atoms with Crippen LogP contribution in [0.4, 0.5) is 25.0 Å². The fraction of sp³-hybridized carbons (Fsp3) is 0.0588. The molecule has 2 amide bonds. The summed E-state index contributed by atoms with van der Waals surface area (Å²) in [7, 11) is 0. The predicted octanol–water partition coefficient (Wildman–Crippen LogP) is 5.04. The van der Waals surface area contributed by atoms with Gasteiger partial charge in [-0.25, -0.2) is 18.6 Å². The van der Waals surface area contributed by atoms with E-state index in [1.165, 1.54) is 11.3 Å². The second-order valence-electron chi connectivity index (χ2n) is 5.04. The summed E-state index contributed by atoms with van der Waals surface area (Å²) in [5, 5.41) is 7.75. The molecule has 122 valence electrons. The number of amides is 2. The van der Waals surface area contributed by atoms with E-state index >= 15 is 0 Å². The molecule has 2 N–H and O–H groups in total. The van der Waals surface area contributed by atoms with E-state index in [0.717, 1.165) is 34.5 Å². The van der Waals surface area contributed by atoms with E-state index in [1.807, 2.05) is 18.4 Å². The maximum Gasteiger partial charge on any atom is 0.323 e. The fourth-order valence-electron chi connectivity index (χ4n) is 2.13. The number of carbonyl (C=O) groups excluding carboxylic acids is 1. The second-order valence-corrected chi connectivity index (χ2v) is 6.10. The van der Waals surface area contributed by atoms with Gasteiger partial charge < -0.3 is 10.6 Å². The van der Waals surface area contributed by atoms with Crippen LogP contribution in [0.2, 0.25) is 0 Å². The Kier molecular flexibility index (Phi) is 4.52. The summed E-state index contributed by atoms with van der Waals surface area (Å²) < 4.78 is 26.7. The summed E-state index contributed by atoms with van der Waals surface area (Å²) in [5.74, 6) is -1.34. The molecule has 1 aromatic heterocycles. The van der Waals surface area contributed by atoms with Crippen LogP contribution in [-0.2, 0) is 0 Å². The van der Waals surface area contributed by atoms with Crippen LogP contribution in [0.15, 0.2) is 47.8 Å². The summed E-state index contributed by atoms with van der Waals surface area (Å²) in [4.78, 5) is 16.4. The lowest BCUT2D eigenvalue weighted by Gasteiger charge is -2.09. The molecule has 1 heterocycles. The standard InChI is InChI=1S/C17H13F2N3OS/c1-10-20-16(9-24-10)11-3-2-4-13(7-11)21-17(23)22-15-8-12(18)5-6-14(15)19/h2-9H,1H3,(H2,21,22,23). The molecule has 0 bridgehead atoms. The first-order valence-corrected chi connectivity index (χ1v) is 7.95. The first-order valence-electron chi connectivity index (χ1n) is 7.07. The minimum absolute atomic E-state index is 0.223. The minimum atomic E-state index is -0.710. The van der Waals surface area contributed by atoms with E-state index in [4.69, 9.17) is 0 Å². The summed E-state index contributed by atoms with van der Waals surface area (Å²) in [6.45, 7) is 1.91. The third-order valence-corrected chi connectivity index (χ3v) is 3.99. The molecule has 0 saturated carbocycles. The van der Waals surface area contributed by atoms with Crippen molar-refractivity contribution in [2.45, 2.75) is 6.92 Å². The van der Waals surface area contributed by atoms with Crippen molar-refractivity contribution in [1.29, 1.82) is 0 Å². The molecule has 0 aliphatic rings. The van der Waals surface area contributed by atoms with Gasteiger partial charge >= 0.3 is 6.03 Å². The monoisotopic (exact) mass is 345 g/mol. The third kappa shape index (κ3) is 3.75. The molecule has 24 heavy (non-hydrogen) atoms. The summed E-state index contributed by atoms with van der Waals surface area (Å²) in [6, 6.07) is 9.31. The van der Waals surface area contributed by atoms with Gasteiger partial charge in [-0.2, -0.15) is 0 Å². The van der Waals surface area contributed by atoms with Crippen molar-refractivity contribution in [3.8, 4) is 11.3 Å². The Bertz CT molecular complexity index is 895. The Labute approximate surface area is 141 Å². The number of nitrogens with one attached hydrogen (secondary N) is 2. The van der Waals surface area contributed by atoms with Gasteiger partial charge in [-0.3, -0.25) is 0 Å². The van der Waals surface area contributed by atoms with Gasteiger partial charge in [0.1, 0.15) is 11.6 Å². The quantitative estimate of drug-likeness (QED) is 0.699. The fourth-order valence-corrected chi connectivity index (χ4v) is 2.75. The number of carbonyl (C=O) groups is 1. The minimum Gasteiger partial charge on any atom is -0.308 e. The van der Waals surface area contributed by atoms with E-state index in [0.29, 0.717) is 5.69 Å². The largest absolute Gasteiger partial charge is 0.323 e. The number of thiazole rings is 1. The topological polar surface area (TPSA) is 54.0 Å². The normalized spacial score (nSPS) is 10.5. The van der Waals surface area contributed by atoms with E-state index in [2.05, 4.69) is 15.6 Å². The van der Waals surface area contributed by atoms with Crippen molar-refractivity contribution < 1.29 is 13.6 Å². The summed E-state index contributed by atoms with van der Waals surface area (Å²) >= 11 is 1.54. The summed E-state index contributed by atoms with van der Waals surface area (Å²) in [6.07, 6.45) is 0. The average molecular weight is 345 g/mol. The SMILES string of the molecule is Cc1nc(-c2cccc(NC(=O)Nc3cc(F)ccc3F)c2)cs1. The van der Waals surface area contributed by atoms with Crippen LogP contribution in [-0.4, -0.2) is 11.0 Å². The average Bonchev–Trinajstić information content (AvgIpc) is 2.98. The zero-order valence-electron chi connectivity index (χ0n) is 12.6. The molecule has 0 atom stereocenters. The number of aromatic nitrogens is 1. The van der Waals surface area contributed by atoms with Crippen LogP contribution >= 0.6 is 11.3 Å². The third-order valence-electron chi connectivity index (χ3n) is 3.21. The molecular formula is C17H13F2N3OS. The number of aryl methyl sites for hydroxylation is 1. The second kappa shape index (κ2) is 6.76. The number of hydrogen-bond donors (Lipinski definition) is 2. The van der Waals surface area contributed by atoms with E-state index in [1.54, 1.807) is 18.2 Å².